The van der Waals surface area contributed by atoms with E-state index in [4.69, 9.17) is 20.8 Å². The van der Waals surface area contributed by atoms with Crippen LogP contribution in [0.25, 0.3) is 21.6 Å². The first kappa shape index (κ1) is 15.5. The van der Waals surface area contributed by atoms with Gasteiger partial charge in [-0.15, -0.1) is 11.3 Å². The Labute approximate surface area is 148 Å². The second-order valence-electron chi connectivity index (χ2n) is 5.72. The van der Waals surface area contributed by atoms with Crippen molar-refractivity contribution in [1.82, 2.24) is 0 Å². The zero-order valence-electron chi connectivity index (χ0n) is 12.8. The minimum Gasteiger partial charge on any atom is -0.479 e. The normalized spacial score (nSPS) is 17.3. The molecule has 1 atom stereocenters. The topological polar surface area (TPSA) is 39.4 Å². The molecule has 0 bridgehead atoms. The van der Waals surface area contributed by atoms with Crippen molar-refractivity contribution in [3.63, 3.8) is 0 Å². The molecule has 4 rings (SSSR count). The van der Waals surface area contributed by atoms with Crippen molar-refractivity contribution >= 4 is 33.9 Å². The highest BCUT2D eigenvalue weighted by atomic mass is 35.5. The van der Waals surface area contributed by atoms with E-state index in [0.717, 1.165) is 24.1 Å². The van der Waals surface area contributed by atoms with E-state index in [1.165, 1.54) is 11.3 Å². The molecule has 0 radical (unpaired) electrons. The van der Waals surface area contributed by atoms with Gasteiger partial charge in [-0.1, -0.05) is 23.7 Å². The Morgan fingerprint density at radius 2 is 2.21 bits per heavy atom. The van der Waals surface area contributed by atoms with Crippen molar-refractivity contribution in [2.24, 2.45) is 0 Å². The maximum absolute atomic E-state index is 13.0. The molecule has 1 aliphatic carbocycles. The fourth-order valence-electron chi connectivity index (χ4n) is 2.86. The summed E-state index contributed by atoms with van der Waals surface area (Å²) in [6, 6.07) is 8.92. The fourth-order valence-corrected chi connectivity index (χ4v) is 3.73. The third-order valence-electron chi connectivity index (χ3n) is 4.04. The maximum Gasteiger partial charge on any atom is 0.235 e. The quantitative estimate of drug-likeness (QED) is 0.567. The van der Waals surface area contributed by atoms with Crippen LogP contribution in [0.3, 0.4) is 0 Å². The van der Waals surface area contributed by atoms with Crippen LogP contribution in [0.15, 0.2) is 57.1 Å². The summed E-state index contributed by atoms with van der Waals surface area (Å²) in [5.41, 5.74) is 0.334. The molecule has 24 heavy (non-hydrogen) atoms. The number of ether oxygens (including phenoxy) is 1. The number of hydrogen-bond acceptors (Lipinski definition) is 4. The third kappa shape index (κ3) is 2.87. The van der Waals surface area contributed by atoms with Crippen molar-refractivity contribution in [3.8, 4) is 16.4 Å². The van der Waals surface area contributed by atoms with E-state index in [1.807, 2.05) is 23.6 Å². The summed E-state index contributed by atoms with van der Waals surface area (Å²) in [5.74, 6) is 0.757. The molecule has 0 saturated carbocycles. The zero-order chi connectivity index (χ0) is 16.5. The van der Waals surface area contributed by atoms with Gasteiger partial charge in [0.25, 0.3) is 0 Å². The largest absolute Gasteiger partial charge is 0.479 e. The predicted octanol–water partition coefficient (Wildman–Crippen LogP) is 5.66. The summed E-state index contributed by atoms with van der Waals surface area (Å²) in [6.45, 7) is 0. The van der Waals surface area contributed by atoms with Crippen LogP contribution in [0.2, 0.25) is 5.02 Å². The minimum atomic E-state index is -0.180. The van der Waals surface area contributed by atoms with Gasteiger partial charge in [0.1, 0.15) is 11.7 Å². The summed E-state index contributed by atoms with van der Waals surface area (Å²) >= 11 is 7.56. The summed E-state index contributed by atoms with van der Waals surface area (Å²) in [5, 5.41) is 2.89. The molecular weight excluding hydrogens is 344 g/mol. The van der Waals surface area contributed by atoms with Gasteiger partial charge in [-0.2, -0.15) is 0 Å². The molecule has 5 heteroatoms. The lowest BCUT2D eigenvalue weighted by molar-refractivity contribution is 0.225. The van der Waals surface area contributed by atoms with Gasteiger partial charge in [-0.3, -0.25) is 4.79 Å². The van der Waals surface area contributed by atoms with E-state index in [1.54, 1.807) is 18.2 Å². The summed E-state index contributed by atoms with van der Waals surface area (Å²) in [6.07, 6.45) is 7.02. The fraction of sp³-hybridized carbons (Fsp3) is 0.211. The number of benzene rings is 1. The number of hydrogen-bond donors (Lipinski definition) is 0. The number of halogens is 1. The van der Waals surface area contributed by atoms with Gasteiger partial charge in [-0.05, 0) is 55.0 Å². The first-order valence-corrected chi connectivity index (χ1v) is 9.12. The van der Waals surface area contributed by atoms with Gasteiger partial charge in [0.2, 0.25) is 11.2 Å². The van der Waals surface area contributed by atoms with E-state index < -0.39 is 0 Å². The minimum absolute atomic E-state index is 0.100. The molecule has 3 nitrogen and oxygen atoms in total. The Hall–Kier alpha value is -2.04. The summed E-state index contributed by atoms with van der Waals surface area (Å²) in [7, 11) is 0. The van der Waals surface area contributed by atoms with E-state index in [0.29, 0.717) is 21.8 Å². The number of fused-ring (bicyclic) bond motifs is 1. The van der Waals surface area contributed by atoms with Crippen LogP contribution < -0.4 is 10.2 Å². The van der Waals surface area contributed by atoms with Gasteiger partial charge < -0.3 is 9.15 Å². The first-order valence-electron chi connectivity index (χ1n) is 7.86. The Morgan fingerprint density at radius 1 is 1.29 bits per heavy atom. The van der Waals surface area contributed by atoms with Gasteiger partial charge >= 0.3 is 0 Å². The molecule has 0 fully saturated rings. The lowest BCUT2D eigenvalue weighted by Crippen LogP contribution is -2.20. The van der Waals surface area contributed by atoms with Crippen LogP contribution in [0.4, 0.5) is 0 Å². The smallest absolute Gasteiger partial charge is 0.235 e. The Bertz CT molecular complexity index is 957. The molecule has 1 unspecified atom stereocenters. The van der Waals surface area contributed by atoms with Gasteiger partial charge in [0.15, 0.2) is 5.76 Å². The van der Waals surface area contributed by atoms with Gasteiger partial charge in [-0.25, -0.2) is 0 Å². The molecule has 0 amide bonds. The zero-order valence-corrected chi connectivity index (χ0v) is 14.4. The van der Waals surface area contributed by atoms with Crippen LogP contribution in [0.1, 0.15) is 19.3 Å². The van der Waals surface area contributed by atoms with Crippen LogP contribution in [0.5, 0.6) is 5.75 Å². The molecule has 1 aliphatic rings. The second-order valence-corrected chi connectivity index (χ2v) is 7.11. The summed E-state index contributed by atoms with van der Waals surface area (Å²) < 4.78 is 12.1. The third-order valence-corrected chi connectivity index (χ3v) is 5.14. The molecule has 0 aliphatic heterocycles. The molecule has 0 saturated heterocycles. The van der Waals surface area contributed by atoms with E-state index in [-0.39, 0.29) is 17.3 Å². The highest BCUT2D eigenvalue weighted by Crippen LogP contribution is 2.35. The summed E-state index contributed by atoms with van der Waals surface area (Å²) in [4.78, 5) is 13.9. The van der Waals surface area contributed by atoms with Crippen molar-refractivity contribution in [2.45, 2.75) is 25.4 Å². The number of thiophene rings is 1. The maximum atomic E-state index is 13.0. The van der Waals surface area contributed by atoms with E-state index in [2.05, 4.69) is 6.08 Å². The van der Waals surface area contributed by atoms with Crippen molar-refractivity contribution in [1.29, 1.82) is 0 Å². The number of rotatable bonds is 3. The molecular formula is C19H15ClO3S. The lowest BCUT2D eigenvalue weighted by atomic mass is 10.1. The second kappa shape index (κ2) is 6.46. The highest BCUT2D eigenvalue weighted by molar-refractivity contribution is 7.13. The van der Waals surface area contributed by atoms with Crippen LogP contribution >= 0.6 is 22.9 Å². The highest BCUT2D eigenvalue weighted by Gasteiger charge is 2.21. The molecule has 122 valence electrons. The molecule has 0 spiro atoms. The molecule has 2 heterocycles. The molecule has 2 aromatic heterocycles. The van der Waals surface area contributed by atoms with Gasteiger partial charge in [0, 0.05) is 5.02 Å². The van der Waals surface area contributed by atoms with Crippen LogP contribution in [-0.2, 0) is 0 Å². The van der Waals surface area contributed by atoms with Crippen molar-refractivity contribution in [2.75, 3.05) is 0 Å². The van der Waals surface area contributed by atoms with E-state index >= 15 is 0 Å². The Balaban J connectivity index is 1.92. The average molecular weight is 359 g/mol. The Morgan fingerprint density at radius 3 is 2.96 bits per heavy atom. The SMILES string of the molecule is O=c1c(OC2C=CCCC2)c(-c2cccs2)oc2ccc(Cl)cc12. The monoisotopic (exact) mass is 358 g/mol. The van der Waals surface area contributed by atoms with Gasteiger partial charge in [0.05, 0.1) is 10.3 Å². The van der Waals surface area contributed by atoms with Crippen LogP contribution in [-0.4, -0.2) is 6.10 Å². The lowest BCUT2D eigenvalue weighted by Gasteiger charge is -2.19. The number of allylic oxidation sites excluding steroid dienone is 1. The first-order chi connectivity index (χ1) is 11.7. The van der Waals surface area contributed by atoms with Crippen LogP contribution in [0, 0.1) is 0 Å². The average Bonchev–Trinajstić information content (AvgIpc) is 3.13. The van der Waals surface area contributed by atoms with E-state index in [9.17, 15) is 4.79 Å². The molecule has 3 aromatic rings. The Kier molecular flexibility index (Phi) is 4.17. The van der Waals surface area contributed by atoms with Crippen molar-refractivity contribution < 1.29 is 9.15 Å². The molecule has 1 aromatic carbocycles. The predicted molar refractivity (Wildman–Crippen MR) is 98.2 cm³/mol. The van der Waals surface area contributed by atoms with Crippen molar-refractivity contribution in [3.05, 3.63) is 63.1 Å². The standard InChI is InChI=1S/C19H15ClO3S/c20-12-8-9-15-14(11-12)17(21)19(22-13-5-2-1-3-6-13)18(23-15)16-7-4-10-24-16/h2,4-5,7-11,13H,1,3,6H2. The molecule has 0 N–H and O–H groups in total.